The maximum atomic E-state index is 15.1. The van der Waals surface area contributed by atoms with E-state index in [1.54, 1.807) is 54.6 Å². The highest BCUT2D eigenvalue weighted by atomic mass is 35.5. The number of Topliss-reactive ketones (excluding diaryl/α,β-unsaturated/α-hetero) is 2. The van der Waals surface area contributed by atoms with Crippen LogP contribution in [0.3, 0.4) is 0 Å². The van der Waals surface area contributed by atoms with Crippen molar-refractivity contribution in [3.05, 3.63) is 149 Å². The average molecular weight is 587 g/mol. The van der Waals surface area contributed by atoms with Crippen molar-refractivity contribution < 1.29 is 19.1 Å². The van der Waals surface area contributed by atoms with Crippen molar-refractivity contribution in [2.24, 2.45) is 5.92 Å². The van der Waals surface area contributed by atoms with Crippen LogP contribution in [0.25, 0.3) is 6.08 Å². The Hall–Kier alpha value is -4.94. The Kier molecular flexibility index (Phi) is 6.51. The minimum Gasteiger partial charge on any atom is -0.489 e. The Morgan fingerprint density at radius 1 is 0.930 bits per heavy atom. The summed E-state index contributed by atoms with van der Waals surface area (Å²) >= 11 is 6.17. The molecule has 1 N–H and O–H groups in total. The summed E-state index contributed by atoms with van der Waals surface area (Å²) in [6.07, 6.45) is 5.40. The van der Waals surface area contributed by atoms with E-state index in [-0.39, 0.29) is 24.1 Å². The third kappa shape index (κ3) is 3.97. The SMILES string of the molecule is C=CCOc1ccccc1C(=O)[C@@H]1[C@H](C(=O)c2ccc(Cl)cc2)N2C=Cc3ccccc3[C@@H]2[C@]12C(=O)Nc1ccccc12. The maximum absolute atomic E-state index is 15.1. The van der Waals surface area contributed by atoms with Gasteiger partial charge < -0.3 is 15.0 Å². The van der Waals surface area contributed by atoms with Gasteiger partial charge in [0.05, 0.1) is 17.5 Å². The molecule has 1 spiro atoms. The van der Waals surface area contributed by atoms with E-state index in [0.29, 0.717) is 33.1 Å². The molecule has 4 atom stereocenters. The van der Waals surface area contributed by atoms with Gasteiger partial charge in [0.25, 0.3) is 0 Å². The molecule has 1 fully saturated rings. The fraction of sp³-hybridized carbons (Fsp3) is 0.139. The smallest absolute Gasteiger partial charge is 0.238 e. The molecule has 3 aliphatic heterocycles. The number of hydrogen-bond acceptors (Lipinski definition) is 5. The Labute approximate surface area is 254 Å². The van der Waals surface area contributed by atoms with Gasteiger partial charge in [-0.25, -0.2) is 0 Å². The van der Waals surface area contributed by atoms with Gasteiger partial charge in [-0.3, -0.25) is 14.4 Å². The molecule has 0 bridgehead atoms. The lowest BCUT2D eigenvalue weighted by molar-refractivity contribution is -0.122. The quantitative estimate of drug-likeness (QED) is 0.189. The second-order valence-corrected chi connectivity index (χ2v) is 11.4. The molecular weight excluding hydrogens is 560 g/mol. The van der Waals surface area contributed by atoms with E-state index >= 15 is 4.79 Å². The first-order chi connectivity index (χ1) is 21.0. The third-order valence-electron chi connectivity index (χ3n) is 8.76. The Bertz CT molecular complexity index is 1830. The van der Waals surface area contributed by atoms with Gasteiger partial charge in [-0.15, -0.1) is 0 Å². The zero-order valence-corrected chi connectivity index (χ0v) is 23.8. The molecule has 1 amide bonds. The van der Waals surface area contributed by atoms with Crippen LogP contribution >= 0.6 is 11.6 Å². The number of benzene rings is 4. The highest BCUT2D eigenvalue weighted by molar-refractivity contribution is 6.30. The summed E-state index contributed by atoms with van der Waals surface area (Å²) in [6.45, 7) is 3.93. The fourth-order valence-corrected chi connectivity index (χ4v) is 7.19. The number of anilines is 1. The predicted octanol–water partition coefficient (Wildman–Crippen LogP) is 6.89. The van der Waals surface area contributed by atoms with Gasteiger partial charge in [0, 0.05) is 22.5 Å². The van der Waals surface area contributed by atoms with E-state index < -0.39 is 23.4 Å². The normalized spacial score (nSPS) is 22.9. The lowest BCUT2D eigenvalue weighted by atomic mass is 9.62. The summed E-state index contributed by atoms with van der Waals surface area (Å²) in [4.78, 5) is 46.2. The lowest BCUT2D eigenvalue weighted by Crippen LogP contribution is -2.49. The monoisotopic (exact) mass is 586 g/mol. The predicted molar refractivity (Wildman–Crippen MR) is 166 cm³/mol. The number of nitrogens with zero attached hydrogens (tertiary/aromatic N) is 1. The van der Waals surface area contributed by atoms with Crippen LogP contribution in [0.4, 0.5) is 5.69 Å². The van der Waals surface area contributed by atoms with E-state index in [0.717, 1.165) is 11.1 Å². The largest absolute Gasteiger partial charge is 0.489 e. The summed E-state index contributed by atoms with van der Waals surface area (Å²) in [5.41, 5.74) is 2.41. The van der Waals surface area contributed by atoms with Gasteiger partial charge in [-0.2, -0.15) is 0 Å². The van der Waals surface area contributed by atoms with Crippen LogP contribution in [-0.2, 0) is 10.2 Å². The summed E-state index contributed by atoms with van der Waals surface area (Å²) < 4.78 is 5.92. The maximum Gasteiger partial charge on any atom is 0.238 e. The van der Waals surface area contributed by atoms with Crippen molar-refractivity contribution >= 4 is 40.8 Å². The highest BCUT2D eigenvalue weighted by Gasteiger charge is 2.70. The first-order valence-corrected chi connectivity index (χ1v) is 14.5. The molecule has 3 heterocycles. The van der Waals surface area contributed by atoms with Gasteiger partial charge in [-0.1, -0.05) is 78.9 Å². The molecule has 7 heteroatoms. The number of nitrogens with one attached hydrogen (secondary N) is 1. The van der Waals surface area contributed by atoms with Crippen molar-refractivity contribution in [1.29, 1.82) is 0 Å². The second kappa shape index (κ2) is 10.4. The standard InChI is InChI=1S/C36H27ClN2O4/c1-2-21-43-29-14-8-5-11-26(29)33(41)30-31(32(40)23-15-17-24(37)18-16-23)39-20-19-22-9-3-4-10-25(22)34(39)36(30)27-12-6-7-13-28(27)38-35(36)42/h2-20,30-31,34H,1,21H2,(H,38,42)/t30-,31+,34+,36+/m0/s1. The van der Waals surface area contributed by atoms with Crippen molar-refractivity contribution in [1.82, 2.24) is 4.90 Å². The molecular formula is C36H27ClN2O4. The van der Waals surface area contributed by atoms with Crippen LogP contribution in [0.1, 0.15) is 43.4 Å². The lowest BCUT2D eigenvalue weighted by Gasteiger charge is -2.38. The molecule has 0 saturated carbocycles. The van der Waals surface area contributed by atoms with Gasteiger partial charge in [0.2, 0.25) is 5.91 Å². The van der Waals surface area contributed by atoms with Crippen molar-refractivity contribution in [2.45, 2.75) is 17.5 Å². The molecule has 3 aliphatic rings. The van der Waals surface area contributed by atoms with Crippen molar-refractivity contribution in [3.8, 4) is 5.75 Å². The number of carbonyl (C=O) groups is 3. The Morgan fingerprint density at radius 2 is 1.65 bits per heavy atom. The van der Waals surface area contributed by atoms with Crippen LogP contribution in [0.2, 0.25) is 5.02 Å². The minimum absolute atomic E-state index is 0.196. The average Bonchev–Trinajstić information content (AvgIpc) is 3.52. The number of rotatable bonds is 7. The van der Waals surface area contributed by atoms with Gasteiger partial charge in [0.15, 0.2) is 11.6 Å². The minimum atomic E-state index is -1.42. The summed E-state index contributed by atoms with van der Waals surface area (Å²) in [5, 5.41) is 3.57. The first-order valence-electron chi connectivity index (χ1n) is 14.1. The third-order valence-corrected chi connectivity index (χ3v) is 9.01. The molecule has 0 unspecified atom stereocenters. The molecule has 1 saturated heterocycles. The number of para-hydroxylation sites is 2. The molecule has 7 rings (SSSR count). The van der Waals surface area contributed by atoms with Crippen LogP contribution in [0.5, 0.6) is 5.75 Å². The van der Waals surface area contributed by atoms with E-state index in [9.17, 15) is 9.59 Å². The van der Waals surface area contributed by atoms with Crippen molar-refractivity contribution in [2.75, 3.05) is 11.9 Å². The Balaban J connectivity index is 1.52. The first kappa shape index (κ1) is 26.9. The molecule has 43 heavy (non-hydrogen) atoms. The zero-order chi connectivity index (χ0) is 29.7. The van der Waals surface area contributed by atoms with Crippen LogP contribution < -0.4 is 10.1 Å². The summed E-state index contributed by atoms with van der Waals surface area (Å²) in [6, 6.07) is 27.2. The highest BCUT2D eigenvalue weighted by Crippen LogP contribution is 2.62. The van der Waals surface area contributed by atoms with E-state index in [1.807, 2.05) is 65.7 Å². The fourth-order valence-electron chi connectivity index (χ4n) is 7.06. The van der Waals surface area contributed by atoms with E-state index in [1.165, 1.54) is 0 Å². The summed E-state index contributed by atoms with van der Waals surface area (Å²) in [7, 11) is 0. The van der Waals surface area contributed by atoms with Crippen LogP contribution in [-0.4, -0.2) is 35.0 Å². The number of fused-ring (bicyclic) bond motifs is 6. The molecule has 0 aliphatic carbocycles. The van der Waals surface area contributed by atoms with Gasteiger partial charge in [0.1, 0.15) is 23.8 Å². The number of amides is 1. The van der Waals surface area contributed by atoms with Crippen LogP contribution in [0.15, 0.2) is 116 Å². The van der Waals surface area contributed by atoms with Crippen molar-refractivity contribution in [3.63, 3.8) is 0 Å². The molecule has 212 valence electrons. The zero-order valence-electron chi connectivity index (χ0n) is 23.1. The molecule has 4 aromatic carbocycles. The van der Waals surface area contributed by atoms with E-state index in [4.69, 9.17) is 16.3 Å². The second-order valence-electron chi connectivity index (χ2n) is 10.9. The Morgan fingerprint density at radius 3 is 2.47 bits per heavy atom. The number of carbonyl (C=O) groups excluding carboxylic acids is 3. The van der Waals surface area contributed by atoms with E-state index in [2.05, 4.69) is 11.9 Å². The number of ketones is 2. The van der Waals surface area contributed by atoms with Gasteiger partial charge >= 0.3 is 0 Å². The summed E-state index contributed by atoms with van der Waals surface area (Å²) in [5.74, 6) is -1.67. The number of ether oxygens (including phenoxy) is 1. The van der Waals surface area contributed by atoms with Crippen LogP contribution in [0, 0.1) is 5.92 Å². The molecule has 4 aromatic rings. The number of halogens is 1. The van der Waals surface area contributed by atoms with Gasteiger partial charge in [-0.05, 0) is 65.2 Å². The number of hydrogen-bond donors (Lipinski definition) is 1. The molecule has 0 radical (unpaired) electrons. The molecule has 6 nitrogen and oxygen atoms in total. The topological polar surface area (TPSA) is 75.7 Å². The molecule has 0 aromatic heterocycles.